The second-order valence-corrected chi connectivity index (χ2v) is 4.27. The van der Waals surface area contributed by atoms with E-state index in [0.717, 1.165) is 19.2 Å². The smallest absolute Gasteiger partial charge is 0.403 e. The molecule has 1 unspecified atom stereocenters. The molecule has 1 rings (SSSR count). The summed E-state index contributed by atoms with van der Waals surface area (Å²) < 4.78 is 92.8. The van der Waals surface area contributed by atoms with Gasteiger partial charge in [-0.2, -0.15) is 26.3 Å². The fourth-order valence-electron chi connectivity index (χ4n) is 1.84. The monoisotopic (exact) mass is 320 g/mol. The van der Waals surface area contributed by atoms with Crippen molar-refractivity contribution in [2.24, 2.45) is 5.92 Å². The Labute approximate surface area is 115 Å². The van der Waals surface area contributed by atoms with Crippen LogP contribution in [0.4, 0.5) is 30.7 Å². The maximum Gasteiger partial charge on any atom is 0.403 e. The van der Waals surface area contributed by atoms with Gasteiger partial charge in [0.2, 0.25) is 0 Å². The minimum absolute atomic E-state index is 0.338. The topological polar surface area (TPSA) is 29.5 Å². The number of methoxy groups -OCH3 is 1. The number of rotatable bonds is 4. The lowest BCUT2D eigenvalue weighted by Crippen LogP contribution is -2.45. The van der Waals surface area contributed by atoms with Gasteiger partial charge in [0.15, 0.2) is 17.5 Å². The summed E-state index contributed by atoms with van der Waals surface area (Å²) in [5.74, 6) is -5.40. The molecule has 0 spiro atoms. The molecule has 0 aliphatic rings. The molecule has 0 heterocycles. The molecule has 1 N–H and O–H groups in total. The standard InChI is InChI=1S/C12H11F7O2/c1-21-8-4-2-3-6(9(8)13)5-7(20)10(11(14,15)16)12(17,18)19/h2-4,7,10,20H,5H2,1H3. The summed E-state index contributed by atoms with van der Waals surface area (Å²) in [5, 5.41) is 9.27. The molecular weight excluding hydrogens is 309 g/mol. The molecule has 0 saturated heterocycles. The van der Waals surface area contributed by atoms with Crippen molar-refractivity contribution in [1.82, 2.24) is 0 Å². The second kappa shape index (κ2) is 6.08. The zero-order chi connectivity index (χ0) is 16.4. The van der Waals surface area contributed by atoms with Crippen LogP contribution < -0.4 is 4.74 Å². The predicted octanol–water partition coefficient (Wildman–Crippen LogP) is 3.48. The molecule has 21 heavy (non-hydrogen) atoms. The van der Waals surface area contributed by atoms with Crippen molar-refractivity contribution in [3.63, 3.8) is 0 Å². The molecule has 0 bridgehead atoms. The molecule has 0 radical (unpaired) electrons. The maximum absolute atomic E-state index is 13.7. The number of ether oxygens (including phenoxy) is 1. The Morgan fingerprint density at radius 1 is 1.10 bits per heavy atom. The summed E-state index contributed by atoms with van der Waals surface area (Å²) >= 11 is 0. The van der Waals surface area contributed by atoms with Gasteiger partial charge >= 0.3 is 12.4 Å². The lowest BCUT2D eigenvalue weighted by atomic mass is 9.94. The van der Waals surface area contributed by atoms with Crippen LogP contribution in [0.25, 0.3) is 0 Å². The Morgan fingerprint density at radius 3 is 2.05 bits per heavy atom. The summed E-state index contributed by atoms with van der Waals surface area (Å²) in [7, 11) is 1.09. The van der Waals surface area contributed by atoms with E-state index in [1.54, 1.807) is 0 Å². The van der Waals surface area contributed by atoms with Gasteiger partial charge in [-0.25, -0.2) is 4.39 Å². The van der Waals surface area contributed by atoms with E-state index in [9.17, 15) is 35.8 Å². The van der Waals surface area contributed by atoms with Crippen molar-refractivity contribution < 1.29 is 40.6 Å². The summed E-state index contributed by atoms with van der Waals surface area (Å²) in [4.78, 5) is 0. The number of hydrogen-bond acceptors (Lipinski definition) is 2. The van der Waals surface area contributed by atoms with E-state index in [0.29, 0.717) is 0 Å². The second-order valence-electron chi connectivity index (χ2n) is 4.27. The molecule has 0 amide bonds. The number of halogens is 7. The first-order valence-corrected chi connectivity index (χ1v) is 5.61. The lowest BCUT2D eigenvalue weighted by Gasteiger charge is -2.27. The third kappa shape index (κ3) is 4.23. The van der Waals surface area contributed by atoms with Crippen molar-refractivity contribution in [1.29, 1.82) is 0 Å². The largest absolute Gasteiger partial charge is 0.494 e. The zero-order valence-electron chi connectivity index (χ0n) is 10.6. The van der Waals surface area contributed by atoms with Gasteiger partial charge < -0.3 is 9.84 Å². The lowest BCUT2D eigenvalue weighted by molar-refractivity contribution is -0.305. The van der Waals surface area contributed by atoms with Crippen LogP contribution in [-0.4, -0.2) is 30.7 Å². The van der Waals surface area contributed by atoms with Crippen molar-refractivity contribution >= 4 is 0 Å². The molecule has 9 heteroatoms. The molecular formula is C12H11F7O2. The van der Waals surface area contributed by atoms with E-state index in [1.807, 2.05) is 0 Å². The third-order valence-corrected chi connectivity index (χ3v) is 2.78. The summed E-state index contributed by atoms with van der Waals surface area (Å²) in [5.41, 5.74) is -0.500. The van der Waals surface area contributed by atoms with E-state index in [2.05, 4.69) is 4.74 Å². The Balaban J connectivity index is 3.06. The molecule has 1 atom stereocenters. The van der Waals surface area contributed by atoms with Gasteiger partial charge in [0.05, 0.1) is 13.2 Å². The third-order valence-electron chi connectivity index (χ3n) is 2.78. The van der Waals surface area contributed by atoms with Crippen molar-refractivity contribution in [2.75, 3.05) is 7.11 Å². The van der Waals surface area contributed by atoms with Crippen LogP contribution in [0, 0.1) is 11.7 Å². The van der Waals surface area contributed by atoms with Crippen molar-refractivity contribution in [3.8, 4) is 5.75 Å². The van der Waals surface area contributed by atoms with E-state index in [-0.39, 0.29) is 5.75 Å². The fourth-order valence-corrected chi connectivity index (χ4v) is 1.84. The number of alkyl halides is 6. The van der Waals surface area contributed by atoms with Crippen LogP contribution in [0.2, 0.25) is 0 Å². The van der Waals surface area contributed by atoms with Gasteiger partial charge in [-0.05, 0) is 11.6 Å². The van der Waals surface area contributed by atoms with Crippen molar-refractivity contribution in [3.05, 3.63) is 29.6 Å². The first-order chi connectivity index (χ1) is 9.48. The summed E-state index contributed by atoms with van der Waals surface area (Å²) in [6.45, 7) is 0. The van der Waals surface area contributed by atoms with Gasteiger partial charge in [0.25, 0.3) is 0 Å². The minimum Gasteiger partial charge on any atom is -0.494 e. The molecule has 0 aromatic heterocycles. The Morgan fingerprint density at radius 2 is 1.62 bits per heavy atom. The van der Waals surface area contributed by atoms with Crippen LogP contribution in [0.1, 0.15) is 5.56 Å². The van der Waals surface area contributed by atoms with Crippen molar-refractivity contribution in [2.45, 2.75) is 24.9 Å². The molecule has 1 aromatic carbocycles. The van der Waals surface area contributed by atoms with Gasteiger partial charge in [-0.1, -0.05) is 12.1 Å². The first kappa shape index (κ1) is 17.5. The Hall–Kier alpha value is -1.51. The summed E-state index contributed by atoms with van der Waals surface area (Å²) in [6.07, 6.45) is -15.4. The highest BCUT2D eigenvalue weighted by atomic mass is 19.4. The molecule has 0 saturated carbocycles. The highest BCUT2D eigenvalue weighted by molar-refractivity contribution is 5.31. The van der Waals surface area contributed by atoms with Gasteiger partial charge in [-0.3, -0.25) is 0 Å². The normalized spacial score (nSPS) is 14.4. The molecule has 120 valence electrons. The van der Waals surface area contributed by atoms with Gasteiger partial charge in [0.1, 0.15) is 0 Å². The van der Waals surface area contributed by atoms with Crippen LogP contribution in [0.5, 0.6) is 5.75 Å². The maximum atomic E-state index is 13.7. The molecule has 1 aromatic rings. The van der Waals surface area contributed by atoms with Crippen LogP contribution >= 0.6 is 0 Å². The van der Waals surface area contributed by atoms with E-state index >= 15 is 0 Å². The zero-order valence-corrected chi connectivity index (χ0v) is 10.6. The highest BCUT2D eigenvalue weighted by Crippen LogP contribution is 2.42. The SMILES string of the molecule is COc1cccc(CC(O)C(C(F)(F)F)C(F)(F)F)c1F. The average molecular weight is 320 g/mol. The van der Waals surface area contributed by atoms with E-state index in [4.69, 9.17) is 0 Å². The van der Waals surface area contributed by atoms with E-state index < -0.39 is 42.2 Å². The predicted molar refractivity (Wildman–Crippen MR) is 58.3 cm³/mol. The van der Waals surface area contributed by atoms with Crippen LogP contribution in [0.15, 0.2) is 18.2 Å². The number of aliphatic hydroxyl groups is 1. The number of benzene rings is 1. The fraction of sp³-hybridized carbons (Fsp3) is 0.500. The van der Waals surface area contributed by atoms with Crippen LogP contribution in [-0.2, 0) is 6.42 Å². The molecule has 0 fully saturated rings. The molecule has 0 aliphatic carbocycles. The molecule has 2 nitrogen and oxygen atoms in total. The highest BCUT2D eigenvalue weighted by Gasteiger charge is 2.60. The van der Waals surface area contributed by atoms with Crippen LogP contribution in [0.3, 0.4) is 0 Å². The van der Waals surface area contributed by atoms with Gasteiger partial charge in [-0.15, -0.1) is 0 Å². The van der Waals surface area contributed by atoms with E-state index in [1.165, 1.54) is 6.07 Å². The summed E-state index contributed by atoms with van der Waals surface area (Å²) in [6, 6.07) is 3.32. The van der Waals surface area contributed by atoms with Gasteiger partial charge in [0, 0.05) is 6.42 Å². The quantitative estimate of drug-likeness (QED) is 0.861. The first-order valence-electron chi connectivity index (χ1n) is 5.61. The number of hydrogen-bond donors (Lipinski definition) is 1. The Kier molecular flexibility index (Phi) is 5.08. The average Bonchev–Trinajstić information content (AvgIpc) is 2.27. The molecule has 0 aliphatic heterocycles. The number of aliphatic hydroxyl groups excluding tert-OH is 1. The Bertz CT molecular complexity index is 467. The minimum atomic E-state index is -5.69.